The minimum absolute atomic E-state index is 0.0363. The van der Waals surface area contributed by atoms with Gasteiger partial charge >= 0.3 is 5.69 Å². The van der Waals surface area contributed by atoms with Gasteiger partial charge < -0.3 is 19.3 Å². The Morgan fingerprint density at radius 3 is 2.12 bits per heavy atom. The molecule has 42 heavy (non-hydrogen) atoms. The fraction of sp³-hybridized carbons (Fsp3) is 0.778. The van der Waals surface area contributed by atoms with Gasteiger partial charge in [0.25, 0.3) is 15.7 Å². The fourth-order valence-electron chi connectivity index (χ4n) is 4.57. The molecular weight excluding hydrogens is 662 g/mol. The van der Waals surface area contributed by atoms with Gasteiger partial charge in [-0.3, -0.25) is 13.9 Å². The average molecular weight is 711 g/mol. The predicted octanol–water partition coefficient (Wildman–Crippen LogP) is 4.31. The highest BCUT2D eigenvalue weighted by Crippen LogP contribution is 2.52. The van der Waals surface area contributed by atoms with E-state index < -0.39 is 62.0 Å². The van der Waals surface area contributed by atoms with Crippen molar-refractivity contribution in [2.24, 2.45) is 5.73 Å². The average Bonchev–Trinajstić information content (AvgIpc) is 3.25. The number of aryl methyl sites for hydroxylation is 1. The number of rotatable bonds is 9. The maximum absolute atomic E-state index is 13.9. The summed E-state index contributed by atoms with van der Waals surface area (Å²) in [5.74, 6) is 0. The molecule has 0 aromatic carbocycles. The fourth-order valence-corrected chi connectivity index (χ4v) is 8.33. The highest BCUT2D eigenvalue weighted by atomic mass is 79.9. The van der Waals surface area contributed by atoms with Gasteiger partial charge in [0.15, 0.2) is 28.5 Å². The predicted molar refractivity (Wildman–Crippen MR) is 172 cm³/mol. The van der Waals surface area contributed by atoms with Crippen LogP contribution in [-0.2, 0) is 34.4 Å². The molecule has 0 saturated carbocycles. The highest BCUT2D eigenvalue weighted by Gasteiger charge is 2.67. The molecule has 1 spiro atoms. The van der Waals surface area contributed by atoms with Gasteiger partial charge in [0, 0.05) is 23.6 Å². The molecule has 0 bridgehead atoms. The maximum Gasteiger partial charge on any atom is 0.333 e. The van der Waals surface area contributed by atoms with Crippen LogP contribution >= 0.6 is 15.9 Å². The number of hydrogen-bond acceptors (Lipinski definition) is 9. The molecular formula is C27H48BrN3O8SSi2. The minimum atomic E-state index is -4.20. The number of hydrogen-bond donors (Lipinski definition) is 1. The molecule has 0 aliphatic carbocycles. The van der Waals surface area contributed by atoms with Gasteiger partial charge in [-0.25, -0.2) is 8.98 Å². The number of alkyl halides is 1. The second kappa shape index (κ2) is 11.7. The molecule has 4 atom stereocenters. The largest absolute Gasteiger partial charge is 0.414 e. The van der Waals surface area contributed by atoms with Crippen molar-refractivity contribution >= 4 is 42.7 Å². The van der Waals surface area contributed by atoms with Crippen molar-refractivity contribution in [2.75, 3.05) is 11.9 Å². The summed E-state index contributed by atoms with van der Waals surface area (Å²) in [5.41, 5.74) is 4.01. The first-order valence-electron chi connectivity index (χ1n) is 14.2. The summed E-state index contributed by atoms with van der Waals surface area (Å²) in [6, 6.07) is 0. The van der Waals surface area contributed by atoms with E-state index in [4.69, 9.17) is 23.5 Å². The zero-order valence-electron chi connectivity index (χ0n) is 26.7. The van der Waals surface area contributed by atoms with E-state index in [0.717, 1.165) is 5.41 Å². The summed E-state index contributed by atoms with van der Waals surface area (Å²) in [6.45, 7) is 22.4. The van der Waals surface area contributed by atoms with Crippen LogP contribution in [0.25, 0.3) is 0 Å². The highest BCUT2D eigenvalue weighted by molar-refractivity contribution is 9.09. The Bertz CT molecular complexity index is 1440. The summed E-state index contributed by atoms with van der Waals surface area (Å²) in [7, 11) is -9.22. The zero-order chi connectivity index (χ0) is 32.3. The number of ether oxygens (including phenoxy) is 1. The first-order chi connectivity index (χ1) is 18.9. The molecule has 1 aromatic heterocycles. The summed E-state index contributed by atoms with van der Waals surface area (Å²) in [6.07, 6.45) is -1.34. The van der Waals surface area contributed by atoms with Crippen molar-refractivity contribution in [3.63, 3.8) is 0 Å². The van der Waals surface area contributed by atoms with Gasteiger partial charge in [0.1, 0.15) is 12.2 Å². The Morgan fingerprint density at radius 2 is 1.64 bits per heavy atom. The molecule has 2 aliphatic heterocycles. The lowest BCUT2D eigenvalue weighted by atomic mass is 9.89. The SMILES string of the molecule is Cc1cn([C@@H]2O[C@H](CO[Si](C)(C)C(C)(C)C)C3(OS(=O)(=O)C=C3N)[C@H]2O[Si](C)(C)C(C)(C)C)c(=O)n(CCCBr)c1=O. The maximum atomic E-state index is 13.9. The van der Waals surface area contributed by atoms with E-state index in [1.807, 2.05) is 13.1 Å². The van der Waals surface area contributed by atoms with Gasteiger partial charge in [-0.1, -0.05) is 57.5 Å². The topological polar surface area (TPSA) is 141 Å². The molecule has 0 amide bonds. The first kappa shape index (κ1) is 35.4. The summed E-state index contributed by atoms with van der Waals surface area (Å²) < 4.78 is 54.3. The molecule has 0 radical (unpaired) electrons. The molecule has 1 aromatic rings. The van der Waals surface area contributed by atoms with Crippen LogP contribution in [0.2, 0.25) is 36.3 Å². The second-order valence-corrected chi connectivity index (χ2v) is 26.1. The van der Waals surface area contributed by atoms with Crippen LogP contribution in [0.1, 0.15) is 59.8 Å². The quantitative estimate of drug-likeness (QED) is 0.226. The molecule has 15 heteroatoms. The zero-order valence-corrected chi connectivity index (χ0v) is 31.1. The van der Waals surface area contributed by atoms with Gasteiger partial charge in [0.2, 0.25) is 0 Å². The van der Waals surface area contributed by atoms with Gasteiger partial charge in [-0.2, -0.15) is 8.42 Å². The molecule has 240 valence electrons. The van der Waals surface area contributed by atoms with E-state index in [9.17, 15) is 18.0 Å². The van der Waals surface area contributed by atoms with Gasteiger partial charge in [0.05, 0.1) is 17.7 Å². The van der Waals surface area contributed by atoms with Crippen LogP contribution in [0.3, 0.4) is 0 Å². The van der Waals surface area contributed by atoms with E-state index >= 15 is 0 Å². The van der Waals surface area contributed by atoms with Crippen LogP contribution in [0, 0.1) is 6.92 Å². The Kier molecular flexibility index (Phi) is 9.86. The summed E-state index contributed by atoms with van der Waals surface area (Å²) in [5, 5.41) is 1.07. The lowest BCUT2D eigenvalue weighted by Crippen LogP contribution is -2.59. The van der Waals surface area contributed by atoms with Crippen LogP contribution < -0.4 is 17.0 Å². The number of halogens is 1. The smallest absolute Gasteiger partial charge is 0.333 e. The Morgan fingerprint density at radius 1 is 1.07 bits per heavy atom. The first-order valence-corrected chi connectivity index (χ1v) is 22.6. The standard InChI is InChI=1S/C27H48BrN3O8SSi2/c1-18-15-31(24(33)30(22(18)32)14-12-13-28)23-21(38-42(10,11)26(5,6)7)27(19(29)17-40(34,35)39-27)20(37-23)16-36-41(8,9)25(2,3)4/h15,17,20-21,23H,12-14,16,29H2,1-11H3/t20-,21+,23-,27?/m1/s1. The van der Waals surface area contributed by atoms with Crippen molar-refractivity contribution in [2.45, 2.75) is 122 Å². The van der Waals surface area contributed by atoms with Gasteiger partial charge in [-0.05, 0) is 49.6 Å². The van der Waals surface area contributed by atoms with Crippen LogP contribution in [0.4, 0.5) is 0 Å². The van der Waals surface area contributed by atoms with Crippen molar-refractivity contribution in [3.8, 4) is 0 Å². The van der Waals surface area contributed by atoms with E-state index in [2.05, 4.69) is 70.6 Å². The third-order valence-electron chi connectivity index (χ3n) is 9.23. The van der Waals surface area contributed by atoms with Crippen molar-refractivity contribution < 1.29 is 26.2 Å². The number of aromatic nitrogens is 2. The lowest BCUT2D eigenvalue weighted by molar-refractivity contribution is -0.0567. The third-order valence-corrected chi connectivity index (χ3v) is 19.8. The molecule has 1 unspecified atom stereocenters. The van der Waals surface area contributed by atoms with Crippen molar-refractivity contribution in [3.05, 3.63) is 43.7 Å². The molecule has 1 saturated heterocycles. The normalized spacial score (nSPS) is 26.7. The van der Waals surface area contributed by atoms with Gasteiger partial charge in [-0.15, -0.1) is 0 Å². The molecule has 3 rings (SSSR count). The Labute approximate surface area is 260 Å². The number of nitrogens with two attached hydrogens (primary N) is 1. The molecule has 1 fully saturated rings. The third kappa shape index (κ3) is 6.48. The van der Waals surface area contributed by atoms with Crippen LogP contribution in [0.15, 0.2) is 26.9 Å². The van der Waals surface area contributed by atoms with Crippen LogP contribution in [-0.4, -0.2) is 63.9 Å². The second-order valence-electron chi connectivity index (χ2n) is 14.3. The summed E-state index contributed by atoms with van der Waals surface area (Å²) >= 11 is 3.36. The molecule has 2 N–H and O–H groups in total. The van der Waals surface area contributed by atoms with E-state index in [1.54, 1.807) is 6.92 Å². The van der Waals surface area contributed by atoms with E-state index in [-0.39, 0.29) is 28.9 Å². The Hall–Kier alpha value is -1.08. The van der Waals surface area contributed by atoms with Crippen molar-refractivity contribution in [1.29, 1.82) is 0 Å². The molecule has 2 aliphatic rings. The molecule has 11 nitrogen and oxygen atoms in total. The lowest BCUT2D eigenvalue weighted by Gasteiger charge is -2.43. The number of nitrogens with zero attached hydrogens (tertiary/aromatic N) is 2. The van der Waals surface area contributed by atoms with E-state index in [0.29, 0.717) is 17.3 Å². The monoisotopic (exact) mass is 709 g/mol. The minimum Gasteiger partial charge on any atom is -0.414 e. The Balaban J connectivity index is 2.29. The van der Waals surface area contributed by atoms with Crippen molar-refractivity contribution in [1.82, 2.24) is 9.13 Å². The molecule has 3 heterocycles. The van der Waals surface area contributed by atoms with Crippen LogP contribution in [0.5, 0.6) is 0 Å². The van der Waals surface area contributed by atoms with E-state index in [1.165, 1.54) is 15.3 Å². The summed E-state index contributed by atoms with van der Waals surface area (Å²) in [4.78, 5) is 26.9.